The van der Waals surface area contributed by atoms with E-state index in [1.807, 2.05) is 25.3 Å². The van der Waals surface area contributed by atoms with Crippen molar-refractivity contribution < 1.29 is 9.18 Å². The molecule has 4 rings (SSSR count). The van der Waals surface area contributed by atoms with Crippen molar-refractivity contribution >= 4 is 23.0 Å². The highest BCUT2D eigenvalue weighted by molar-refractivity contribution is 6.11. The van der Waals surface area contributed by atoms with E-state index in [0.29, 0.717) is 11.2 Å². The number of carbonyl (C=O) groups excluding carboxylic acids is 1. The maximum absolute atomic E-state index is 13.8. The van der Waals surface area contributed by atoms with Gasteiger partial charge >= 0.3 is 0 Å². The van der Waals surface area contributed by atoms with E-state index in [0.717, 1.165) is 36.3 Å². The van der Waals surface area contributed by atoms with Gasteiger partial charge in [-0.3, -0.25) is 4.79 Å². The topological polar surface area (TPSA) is 74.3 Å². The second-order valence-electron chi connectivity index (χ2n) is 7.32. The highest BCUT2D eigenvalue weighted by atomic mass is 19.1. The number of ketones is 1. The van der Waals surface area contributed by atoms with Crippen LogP contribution in [0.15, 0.2) is 36.7 Å². The monoisotopic (exact) mass is 379 g/mol. The summed E-state index contributed by atoms with van der Waals surface area (Å²) in [4.78, 5) is 18.3. The molecule has 2 aromatic heterocycles. The molecule has 0 amide bonds. The predicted molar refractivity (Wildman–Crippen MR) is 106 cm³/mol. The molecule has 1 N–H and O–H groups in total. The summed E-state index contributed by atoms with van der Waals surface area (Å²) in [6.07, 6.45) is 5.39. The molecule has 0 radical (unpaired) electrons. The third kappa shape index (κ3) is 3.28. The lowest BCUT2D eigenvalue weighted by Gasteiger charge is -2.27. The number of benzene rings is 1. The van der Waals surface area contributed by atoms with E-state index in [4.69, 9.17) is 10.4 Å². The number of aryl methyl sites for hydroxylation is 1. The van der Waals surface area contributed by atoms with E-state index < -0.39 is 0 Å². The number of anilines is 1. The lowest BCUT2D eigenvalue weighted by atomic mass is 9.99. The molecule has 0 unspecified atom stereocenters. The molecule has 0 bridgehead atoms. The average Bonchev–Trinajstić information content (AvgIpc) is 3.29. The number of nitrogens with one attached hydrogen (secondary N) is 1. The zero-order chi connectivity index (χ0) is 19.8. The number of rotatable bonds is 5. The number of carbonyl (C=O) groups is 1. The number of hydrogen-bond acceptors (Lipinski definition) is 5. The largest absolute Gasteiger partial charge is 0.349 e. The second-order valence-corrected chi connectivity index (χ2v) is 7.32. The zero-order valence-electron chi connectivity index (χ0n) is 15.9. The Kier molecular flexibility index (Phi) is 4.66. The smallest absolute Gasteiger partial charge is 0.166 e. The molecule has 0 spiro atoms. The standard InChI is InChI=1S/C21H22FN5O/c1-13-5-6-15(22)11-16(13)19-4-3-8-26(19)20-7-9-27-21(25-20)17(12-24-27)18(23)10-14(2)28/h5-7,9,11-12,19,23H,3-4,8,10H2,1-2H3/t19-/m1/s1. The highest BCUT2D eigenvalue weighted by Crippen LogP contribution is 2.37. The Hall–Kier alpha value is -3.09. The summed E-state index contributed by atoms with van der Waals surface area (Å²) in [6, 6.07) is 6.88. The Balaban J connectivity index is 1.73. The van der Waals surface area contributed by atoms with Crippen molar-refractivity contribution in [3.63, 3.8) is 0 Å². The summed E-state index contributed by atoms with van der Waals surface area (Å²) in [7, 11) is 0. The van der Waals surface area contributed by atoms with Gasteiger partial charge in [0.05, 0.1) is 23.5 Å². The van der Waals surface area contributed by atoms with Gasteiger partial charge in [0.25, 0.3) is 0 Å². The van der Waals surface area contributed by atoms with Crippen LogP contribution in [0.3, 0.4) is 0 Å². The van der Waals surface area contributed by atoms with Gasteiger partial charge in [0.1, 0.15) is 17.4 Å². The lowest BCUT2D eigenvalue weighted by molar-refractivity contribution is -0.115. The predicted octanol–water partition coefficient (Wildman–Crippen LogP) is 3.87. The fourth-order valence-corrected chi connectivity index (χ4v) is 3.91. The van der Waals surface area contributed by atoms with Gasteiger partial charge in [-0.1, -0.05) is 6.07 Å². The maximum atomic E-state index is 13.8. The van der Waals surface area contributed by atoms with E-state index in [-0.39, 0.29) is 29.8 Å². The first kappa shape index (κ1) is 18.3. The van der Waals surface area contributed by atoms with Crippen LogP contribution >= 0.6 is 0 Å². The summed E-state index contributed by atoms with van der Waals surface area (Å²) in [5.74, 6) is 0.476. The van der Waals surface area contributed by atoms with Gasteiger partial charge in [0, 0.05) is 19.2 Å². The Morgan fingerprint density at radius 2 is 2.18 bits per heavy atom. The molecule has 3 heterocycles. The van der Waals surface area contributed by atoms with Crippen LogP contribution in [0.1, 0.15) is 48.9 Å². The molecule has 1 saturated heterocycles. The summed E-state index contributed by atoms with van der Waals surface area (Å²) < 4.78 is 15.5. The Morgan fingerprint density at radius 3 is 2.96 bits per heavy atom. The second kappa shape index (κ2) is 7.14. The summed E-state index contributed by atoms with van der Waals surface area (Å²) in [5, 5.41) is 12.4. The fourth-order valence-electron chi connectivity index (χ4n) is 3.91. The molecule has 1 aliphatic heterocycles. The van der Waals surface area contributed by atoms with E-state index in [9.17, 15) is 9.18 Å². The molecule has 7 heteroatoms. The van der Waals surface area contributed by atoms with Crippen LogP contribution in [0.25, 0.3) is 5.65 Å². The molecule has 1 aliphatic rings. The van der Waals surface area contributed by atoms with Crippen molar-refractivity contribution in [2.24, 2.45) is 0 Å². The maximum Gasteiger partial charge on any atom is 0.166 e. The van der Waals surface area contributed by atoms with Crippen molar-refractivity contribution in [1.82, 2.24) is 14.6 Å². The van der Waals surface area contributed by atoms with Crippen LogP contribution in [0, 0.1) is 18.2 Å². The summed E-state index contributed by atoms with van der Waals surface area (Å²) in [6.45, 7) is 4.30. The van der Waals surface area contributed by atoms with E-state index in [2.05, 4.69) is 10.00 Å². The van der Waals surface area contributed by atoms with Gasteiger partial charge in [-0.05, 0) is 56.0 Å². The number of nitrogens with zero attached hydrogens (tertiary/aromatic N) is 4. The number of hydrogen-bond donors (Lipinski definition) is 1. The molecule has 0 aliphatic carbocycles. The first-order valence-electron chi connectivity index (χ1n) is 9.38. The molecule has 1 atom stereocenters. The minimum Gasteiger partial charge on any atom is -0.349 e. The summed E-state index contributed by atoms with van der Waals surface area (Å²) >= 11 is 0. The van der Waals surface area contributed by atoms with Gasteiger partial charge in [0.15, 0.2) is 5.65 Å². The van der Waals surface area contributed by atoms with Gasteiger partial charge < -0.3 is 10.3 Å². The van der Waals surface area contributed by atoms with Crippen molar-refractivity contribution in [2.45, 2.75) is 39.2 Å². The number of Topliss-reactive ketones (excluding diaryl/α,β-unsaturated/α-hetero) is 1. The van der Waals surface area contributed by atoms with Gasteiger partial charge in [-0.15, -0.1) is 0 Å². The SMILES string of the molecule is CC(=O)CC(=N)c1cnn2ccc(N3CCC[C@@H]3c3cc(F)ccc3C)nc12. The first-order valence-corrected chi connectivity index (χ1v) is 9.38. The fraction of sp³-hybridized carbons (Fsp3) is 0.333. The van der Waals surface area contributed by atoms with E-state index >= 15 is 0 Å². The van der Waals surface area contributed by atoms with Crippen LogP contribution in [-0.2, 0) is 4.79 Å². The molecule has 1 aromatic carbocycles. The van der Waals surface area contributed by atoms with E-state index in [1.54, 1.807) is 16.8 Å². The van der Waals surface area contributed by atoms with Crippen molar-refractivity contribution in [2.75, 3.05) is 11.4 Å². The van der Waals surface area contributed by atoms with Gasteiger partial charge in [-0.2, -0.15) is 5.10 Å². The van der Waals surface area contributed by atoms with Crippen LogP contribution in [0.4, 0.5) is 10.2 Å². The van der Waals surface area contributed by atoms with Gasteiger partial charge in [0.2, 0.25) is 0 Å². The minimum atomic E-state index is -0.230. The molecule has 28 heavy (non-hydrogen) atoms. The molecule has 144 valence electrons. The number of fused-ring (bicyclic) bond motifs is 1. The molecular weight excluding hydrogens is 357 g/mol. The molecule has 1 fully saturated rings. The van der Waals surface area contributed by atoms with Crippen molar-refractivity contribution in [3.05, 3.63) is 59.2 Å². The average molecular weight is 379 g/mol. The van der Waals surface area contributed by atoms with E-state index in [1.165, 1.54) is 13.0 Å². The van der Waals surface area contributed by atoms with Crippen LogP contribution < -0.4 is 4.90 Å². The number of halogens is 1. The van der Waals surface area contributed by atoms with Crippen molar-refractivity contribution in [1.29, 1.82) is 5.41 Å². The molecule has 6 nitrogen and oxygen atoms in total. The van der Waals surface area contributed by atoms with Gasteiger partial charge in [-0.25, -0.2) is 13.9 Å². The molecule has 0 saturated carbocycles. The Morgan fingerprint density at radius 1 is 1.36 bits per heavy atom. The quantitative estimate of drug-likeness (QED) is 0.683. The van der Waals surface area contributed by atoms with Crippen LogP contribution in [-0.4, -0.2) is 32.6 Å². The number of aromatic nitrogens is 3. The minimum absolute atomic E-state index is 0.0576. The molecular formula is C21H22FN5O. The molecule has 3 aromatic rings. The van der Waals surface area contributed by atoms with Crippen LogP contribution in [0.5, 0.6) is 0 Å². The zero-order valence-corrected chi connectivity index (χ0v) is 15.9. The summed E-state index contributed by atoms with van der Waals surface area (Å²) in [5.41, 5.74) is 3.39. The van der Waals surface area contributed by atoms with Crippen LogP contribution in [0.2, 0.25) is 0 Å². The lowest BCUT2D eigenvalue weighted by Crippen LogP contribution is -2.24. The third-order valence-corrected chi connectivity index (χ3v) is 5.25. The Bertz CT molecular complexity index is 1070. The normalized spacial score (nSPS) is 16.7. The van der Waals surface area contributed by atoms with Crippen molar-refractivity contribution in [3.8, 4) is 0 Å². The third-order valence-electron chi connectivity index (χ3n) is 5.25. The first-order chi connectivity index (χ1) is 13.4. The highest BCUT2D eigenvalue weighted by Gasteiger charge is 2.29. The Labute approximate surface area is 162 Å².